The molecule has 0 saturated heterocycles. The molecule has 30 heavy (non-hydrogen) atoms. The second-order valence-electron chi connectivity index (χ2n) is 8.30. The monoisotopic (exact) mass is 471 g/mol. The van der Waals surface area contributed by atoms with Crippen molar-refractivity contribution in [1.29, 1.82) is 0 Å². The fourth-order valence-electron chi connectivity index (χ4n) is 2.76. The van der Waals surface area contributed by atoms with Crippen molar-refractivity contribution in [1.82, 2.24) is 15.1 Å². The molecule has 3 aromatic rings. The maximum Gasteiger partial charge on any atom is 0.260 e. The third kappa shape index (κ3) is 5.48. The second-order valence-corrected chi connectivity index (χ2v) is 9.15. The van der Waals surface area contributed by atoms with Gasteiger partial charge < -0.3 is 14.1 Å². The summed E-state index contributed by atoms with van der Waals surface area (Å²) < 4.78 is 12.2. The standard InChI is InChI=1S/C23H26BrN3O3/c1-15-6-8-16(9-7-15)22-26-25-20(30-22)13-27(5)21(28)14-29-19-11-10-17(12-18(19)24)23(2,3)4/h6-12H,13-14H2,1-5H3. The Labute approximate surface area is 185 Å². The first kappa shape index (κ1) is 22.0. The highest BCUT2D eigenvalue weighted by Gasteiger charge is 2.18. The summed E-state index contributed by atoms with van der Waals surface area (Å²) in [7, 11) is 1.68. The number of hydrogen-bond acceptors (Lipinski definition) is 5. The largest absolute Gasteiger partial charge is 0.483 e. The molecule has 0 radical (unpaired) electrons. The van der Waals surface area contributed by atoms with Crippen LogP contribution in [0.25, 0.3) is 11.5 Å². The third-order valence-corrected chi connectivity index (χ3v) is 5.33. The number of hydrogen-bond donors (Lipinski definition) is 0. The van der Waals surface area contributed by atoms with Gasteiger partial charge in [0.25, 0.3) is 5.91 Å². The third-order valence-electron chi connectivity index (χ3n) is 4.71. The van der Waals surface area contributed by atoms with Crippen LogP contribution >= 0.6 is 15.9 Å². The summed E-state index contributed by atoms with van der Waals surface area (Å²) in [5.74, 6) is 1.25. The summed E-state index contributed by atoms with van der Waals surface area (Å²) in [4.78, 5) is 14.0. The maximum atomic E-state index is 12.5. The van der Waals surface area contributed by atoms with Crippen LogP contribution in [0.2, 0.25) is 0 Å². The Bertz CT molecular complexity index is 1020. The van der Waals surface area contributed by atoms with Crippen LogP contribution in [-0.4, -0.2) is 34.7 Å². The first-order valence-electron chi connectivity index (χ1n) is 9.69. The molecule has 1 heterocycles. The number of halogens is 1. The summed E-state index contributed by atoms with van der Waals surface area (Å²) in [6, 6.07) is 13.7. The van der Waals surface area contributed by atoms with E-state index in [-0.39, 0.29) is 24.5 Å². The molecule has 0 saturated carbocycles. The summed E-state index contributed by atoms with van der Waals surface area (Å²) in [5, 5.41) is 8.11. The molecule has 2 aromatic carbocycles. The van der Waals surface area contributed by atoms with Crippen molar-refractivity contribution in [3.05, 3.63) is 64.0 Å². The predicted octanol–water partition coefficient (Wildman–Crippen LogP) is 5.14. The predicted molar refractivity (Wildman–Crippen MR) is 119 cm³/mol. The molecule has 7 heteroatoms. The normalized spacial score (nSPS) is 11.4. The molecule has 0 aliphatic carbocycles. The maximum absolute atomic E-state index is 12.5. The number of likely N-dealkylation sites (N-methyl/N-ethyl adjacent to an activating group) is 1. The molecule has 0 spiro atoms. The lowest BCUT2D eigenvalue weighted by atomic mass is 9.87. The van der Waals surface area contributed by atoms with E-state index < -0.39 is 0 Å². The molecule has 0 N–H and O–H groups in total. The molecule has 1 aromatic heterocycles. The van der Waals surface area contributed by atoms with Crippen LogP contribution in [0.15, 0.2) is 51.4 Å². The number of benzene rings is 2. The van der Waals surface area contributed by atoms with Gasteiger partial charge in [-0.3, -0.25) is 4.79 Å². The van der Waals surface area contributed by atoms with E-state index in [4.69, 9.17) is 9.15 Å². The molecular weight excluding hydrogens is 446 g/mol. The van der Waals surface area contributed by atoms with Gasteiger partial charge in [-0.15, -0.1) is 10.2 Å². The van der Waals surface area contributed by atoms with Crippen molar-refractivity contribution in [3.63, 3.8) is 0 Å². The molecule has 3 rings (SSSR count). The summed E-state index contributed by atoms with van der Waals surface area (Å²) in [5.41, 5.74) is 3.23. The summed E-state index contributed by atoms with van der Waals surface area (Å²) >= 11 is 3.53. The Morgan fingerprint density at radius 3 is 2.47 bits per heavy atom. The number of aromatic nitrogens is 2. The van der Waals surface area contributed by atoms with Crippen molar-refractivity contribution in [2.75, 3.05) is 13.7 Å². The number of amides is 1. The van der Waals surface area contributed by atoms with Crippen molar-refractivity contribution in [3.8, 4) is 17.2 Å². The average Bonchev–Trinajstić information content (AvgIpc) is 3.15. The Morgan fingerprint density at radius 1 is 1.13 bits per heavy atom. The van der Waals surface area contributed by atoms with Crippen LogP contribution in [0.5, 0.6) is 5.75 Å². The van der Waals surface area contributed by atoms with E-state index in [1.165, 1.54) is 10.5 Å². The zero-order valence-electron chi connectivity index (χ0n) is 17.9. The lowest BCUT2D eigenvalue weighted by Gasteiger charge is -2.20. The van der Waals surface area contributed by atoms with Gasteiger partial charge in [0.2, 0.25) is 11.8 Å². The van der Waals surface area contributed by atoms with Crippen molar-refractivity contribution in [2.45, 2.75) is 39.7 Å². The minimum atomic E-state index is -0.183. The average molecular weight is 472 g/mol. The van der Waals surface area contributed by atoms with Gasteiger partial charge in [0.05, 0.1) is 11.0 Å². The Hall–Kier alpha value is -2.67. The van der Waals surface area contributed by atoms with Crippen molar-refractivity contribution in [2.24, 2.45) is 0 Å². The Balaban J connectivity index is 1.57. The van der Waals surface area contributed by atoms with Gasteiger partial charge in [-0.25, -0.2) is 0 Å². The number of ether oxygens (including phenoxy) is 1. The van der Waals surface area contributed by atoms with Gasteiger partial charge in [-0.2, -0.15) is 0 Å². The quantitative estimate of drug-likeness (QED) is 0.497. The van der Waals surface area contributed by atoms with Crippen LogP contribution in [0.4, 0.5) is 0 Å². The molecule has 158 valence electrons. The van der Waals surface area contributed by atoms with E-state index in [0.717, 1.165) is 15.6 Å². The first-order chi connectivity index (χ1) is 14.1. The molecule has 0 aliphatic rings. The molecule has 0 bridgehead atoms. The molecule has 0 fully saturated rings. The lowest BCUT2D eigenvalue weighted by Crippen LogP contribution is -2.31. The zero-order chi connectivity index (χ0) is 21.9. The minimum Gasteiger partial charge on any atom is -0.483 e. The highest BCUT2D eigenvalue weighted by Crippen LogP contribution is 2.31. The Kier molecular flexibility index (Phi) is 6.61. The summed E-state index contributed by atoms with van der Waals surface area (Å²) in [6.45, 7) is 8.60. The lowest BCUT2D eigenvalue weighted by molar-refractivity contribution is -0.132. The van der Waals surface area contributed by atoms with Gasteiger partial charge in [-0.1, -0.05) is 44.5 Å². The van der Waals surface area contributed by atoms with E-state index in [1.54, 1.807) is 7.05 Å². The number of aryl methyl sites for hydroxylation is 1. The molecule has 1 amide bonds. The molecule has 0 atom stereocenters. The van der Waals surface area contributed by atoms with Crippen LogP contribution < -0.4 is 4.74 Å². The van der Waals surface area contributed by atoms with E-state index in [2.05, 4.69) is 46.9 Å². The van der Waals surface area contributed by atoms with Crippen LogP contribution in [0.3, 0.4) is 0 Å². The smallest absolute Gasteiger partial charge is 0.260 e. The van der Waals surface area contributed by atoms with Crippen molar-refractivity contribution < 1.29 is 13.9 Å². The van der Waals surface area contributed by atoms with Gasteiger partial charge in [0.15, 0.2) is 6.61 Å². The Morgan fingerprint density at radius 2 is 1.83 bits per heavy atom. The first-order valence-corrected chi connectivity index (χ1v) is 10.5. The molecule has 0 aliphatic heterocycles. The molecule has 0 unspecified atom stereocenters. The minimum absolute atomic E-state index is 0.0403. The van der Waals surface area contributed by atoms with Gasteiger partial charge in [0.1, 0.15) is 5.75 Å². The second kappa shape index (κ2) is 9.00. The number of rotatable bonds is 6. The van der Waals surface area contributed by atoms with E-state index in [9.17, 15) is 4.79 Å². The van der Waals surface area contributed by atoms with E-state index >= 15 is 0 Å². The zero-order valence-corrected chi connectivity index (χ0v) is 19.5. The SMILES string of the molecule is Cc1ccc(-c2nnc(CN(C)C(=O)COc3ccc(C(C)(C)C)cc3Br)o2)cc1. The number of nitrogens with zero attached hydrogens (tertiary/aromatic N) is 3. The van der Waals surface area contributed by atoms with Crippen LogP contribution in [0, 0.1) is 6.92 Å². The fraction of sp³-hybridized carbons (Fsp3) is 0.348. The summed E-state index contributed by atoms with van der Waals surface area (Å²) in [6.07, 6.45) is 0. The highest BCUT2D eigenvalue weighted by molar-refractivity contribution is 9.10. The van der Waals surface area contributed by atoms with Gasteiger partial charge in [-0.05, 0) is 58.1 Å². The van der Waals surface area contributed by atoms with E-state index in [1.807, 2.05) is 49.4 Å². The fourth-order valence-corrected chi connectivity index (χ4v) is 3.25. The number of carbonyl (C=O) groups is 1. The molecular formula is C23H26BrN3O3. The van der Waals surface area contributed by atoms with E-state index in [0.29, 0.717) is 17.5 Å². The van der Waals surface area contributed by atoms with Gasteiger partial charge >= 0.3 is 0 Å². The van der Waals surface area contributed by atoms with Gasteiger partial charge in [0, 0.05) is 12.6 Å². The van der Waals surface area contributed by atoms with Crippen molar-refractivity contribution >= 4 is 21.8 Å². The van der Waals surface area contributed by atoms with Crippen LogP contribution in [0.1, 0.15) is 37.8 Å². The highest BCUT2D eigenvalue weighted by atomic mass is 79.9. The number of carbonyl (C=O) groups excluding carboxylic acids is 1. The topological polar surface area (TPSA) is 68.5 Å². The molecule has 6 nitrogen and oxygen atoms in total. The van der Waals surface area contributed by atoms with Crippen LogP contribution in [-0.2, 0) is 16.8 Å².